The summed E-state index contributed by atoms with van der Waals surface area (Å²) >= 11 is 7.29. The molecule has 3 rings (SSSR count). The maximum Gasteiger partial charge on any atom is 0.258 e. The topological polar surface area (TPSA) is 103 Å². The Bertz CT molecular complexity index is 1280. The van der Waals surface area contributed by atoms with Gasteiger partial charge in [-0.05, 0) is 56.5 Å². The number of carbonyl (C=O) groups is 1. The predicted molar refractivity (Wildman–Crippen MR) is 127 cm³/mol. The highest BCUT2D eigenvalue weighted by molar-refractivity contribution is 8.00. The molecule has 0 bridgehead atoms. The van der Waals surface area contributed by atoms with Gasteiger partial charge in [0.05, 0.1) is 28.8 Å². The number of thioether (sulfide) groups is 1. The third-order valence-corrected chi connectivity index (χ3v) is 6.51. The first kappa shape index (κ1) is 23.8. The van der Waals surface area contributed by atoms with Crippen molar-refractivity contribution in [2.24, 2.45) is 0 Å². The molecule has 7 nitrogen and oxygen atoms in total. The summed E-state index contributed by atoms with van der Waals surface area (Å²) in [4.78, 5) is 38.8. The van der Waals surface area contributed by atoms with E-state index in [4.69, 9.17) is 11.6 Å². The molecule has 0 saturated heterocycles. The number of amides is 1. The van der Waals surface area contributed by atoms with Gasteiger partial charge in [-0.3, -0.25) is 9.59 Å². The average Bonchev–Trinajstić information content (AvgIpc) is 2.75. The fraction of sp³-hybridized carbons (Fsp3) is 0.348. The monoisotopic (exact) mass is 469 g/mol. The van der Waals surface area contributed by atoms with Gasteiger partial charge in [0.15, 0.2) is 0 Å². The maximum absolute atomic E-state index is 13.0. The number of carbonyl (C=O) groups excluding carboxylic acids is 1. The van der Waals surface area contributed by atoms with Crippen molar-refractivity contribution < 1.29 is 4.79 Å². The summed E-state index contributed by atoms with van der Waals surface area (Å²) in [6.45, 7) is 8.40. The zero-order chi connectivity index (χ0) is 23.4. The number of hydrogen-bond donors (Lipinski definition) is 1. The van der Waals surface area contributed by atoms with Crippen molar-refractivity contribution in [3.8, 4) is 6.07 Å². The second kappa shape index (κ2) is 10.2. The lowest BCUT2D eigenvalue weighted by Gasteiger charge is -2.22. The summed E-state index contributed by atoms with van der Waals surface area (Å²) in [7, 11) is 0. The zero-order valence-corrected chi connectivity index (χ0v) is 20.0. The molecular weight excluding hydrogens is 446 g/mol. The van der Waals surface area contributed by atoms with Crippen LogP contribution in [0.2, 0.25) is 5.02 Å². The molecule has 0 fully saturated rings. The average molecular weight is 470 g/mol. The number of pyridine rings is 1. The van der Waals surface area contributed by atoms with Crippen LogP contribution in [0.4, 0.5) is 0 Å². The normalized spacial score (nSPS) is 10.9. The Balaban J connectivity index is 1.81. The van der Waals surface area contributed by atoms with Crippen molar-refractivity contribution in [2.45, 2.75) is 45.7 Å². The molecule has 0 atom stereocenters. The van der Waals surface area contributed by atoms with Crippen LogP contribution in [0, 0.1) is 32.1 Å². The van der Waals surface area contributed by atoms with Crippen LogP contribution in [0.5, 0.6) is 0 Å². The van der Waals surface area contributed by atoms with Gasteiger partial charge in [-0.15, -0.1) is 0 Å². The van der Waals surface area contributed by atoms with Gasteiger partial charge in [0.25, 0.3) is 5.56 Å². The number of nitrogens with zero attached hydrogens (tertiary/aromatic N) is 4. The van der Waals surface area contributed by atoms with Crippen LogP contribution >= 0.6 is 23.4 Å². The smallest absolute Gasteiger partial charge is 0.258 e. The van der Waals surface area contributed by atoms with Gasteiger partial charge in [-0.25, -0.2) is 9.97 Å². The molecule has 0 saturated carbocycles. The molecule has 32 heavy (non-hydrogen) atoms. The first-order chi connectivity index (χ1) is 15.2. The molecule has 0 spiro atoms. The molecule has 0 unspecified atom stereocenters. The largest absolute Gasteiger partial charge is 0.335 e. The van der Waals surface area contributed by atoms with Gasteiger partial charge < -0.3 is 9.88 Å². The lowest BCUT2D eigenvalue weighted by Crippen LogP contribution is -2.34. The van der Waals surface area contributed by atoms with Gasteiger partial charge in [0, 0.05) is 17.3 Å². The van der Waals surface area contributed by atoms with E-state index in [0.717, 1.165) is 23.2 Å². The molecule has 1 amide bonds. The van der Waals surface area contributed by atoms with Gasteiger partial charge >= 0.3 is 0 Å². The Hall–Kier alpha value is -2.89. The highest BCUT2D eigenvalue weighted by Crippen LogP contribution is 2.26. The molecule has 3 aromatic rings. The second-order valence-corrected chi connectivity index (χ2v) is 8.92. The van der Waals surface area contributed by atoms with E-state index in [1.807, 2.05) is 27.7 Å². The molecule has 9 heteroatoms. The van der Waals surface area contributed by atoms with Crippen LogP contribution in [-0.4, -0.2) is 38.1 Å². The Morgan fingerprint density at radius 2 is 2.00 bits per heavy atom. The Morgan fingerprint density at radius 3 is 2.69 bits per heavy atom. The number of benzene rings is 1. The molecule has 0 aliphatic rings. The van der Waals surface area contributed by atoms with Gasteiger partial charge in [-0.2, -0.15) is 5.26 Å². The minimum atomic E-state index is -0.270. The van der Waals surface area contributed by atoms with Crippen LogP contribution in [-0.2, 0) is 11.3 Å². The number of aryl methyl sites for hydroxylation is 1. The third kappa shape index (κ3) is 5.12. The third-order valence-electron chi connectivity index (χ3n) is 5.31. The number of hydrogen-bond acceptors (Lipinski definition) is 6. The molecule has 0 aliphatic heterocycles. The SMILES string of the molecule is CCCN(Cc1nc2cc(Cl)ccc2c(=O)[nH]1)C(=O)CSc1nc(C)c(C)c(C)c1C#N. The van der Waals surface area contributed by atoms with E-state index in [-0.39, 0.29) is 23.8 Å². The lowest BCUT2D eigenvalue weighted by atomic mass is 10.1. The summed E-state index contributed by atoms with van der Waals surface area (Å²) in [6, 6.07) is 7.11. The van der Waals surface area contributed by atoms with Gasteiger partial charge in [-0.1, -0.05) is 30.3 Å². The van der Waals surface area contributed by atoms with Crippen molar-refractivity contribution >= 4 is 40.2 Å². The molecule has 166 valence electrons. The van der Waals surface area contributed by atoms with E-state index in [1.165, 1.54) is 11.8 Å². The molecule has 1 N–H and O–H groups in total. The maximum atomic E-state index is 13.0. The molecule has 2 heterocycles. The van der Waals surface area contributed by atoms with Crippen molar-refractivity contribution in [3.05, 3.63) is 61.8 Å². The first-order valence-corrected chi connectivity index (χ1v) is 11.6. The van der Waals surface area contributed by atoms with Gasteiger partial charge in [0.2, 0.25) is 5.91 Å². The highest BCUT2D eigenvalue weighted by atomic mass is 35.5. The predicted octanol–water partition coefficient (Wildman–Crippen LogP) is 4.30. The van der Waals surface area contributed by atoms with E-state index in [2.05, 4.69) is 21.0 Å². The van der Waals surface area contributed by atoms with Crippen LogP contribution in [0.15, 0.2) is 28.0 Å². The number of nitriles is 1. The minimum Gasteiger partial charge on any atom is -0.335 e. The van der Waals surface area contributed by atoms with Crippen LogP contribution in [0.25, 0.3) is 10.9 Å². The highest BCUT2D eigenvalue weighted by Gasteiger charge is 2.19. The van der Waals surface area contributed by atoms with E-state index < -0.39 is 0 Å². The second-order valence-electron chi connectivity index (χ2n) is 7.52. The van der Waals surface area contributed by atoms with Crippen LogP contribution < -0.4 is 5.56 Å². The summed E-state index contributed by atoms with van der Waals surface area (Å²) in [5, 5.41) is 11.0. The zero-order valence-electron chi connectivity index (χ0n) is 18.5. The summed E-state index contributed by atoms with van der Waals surface area (Å²) in [5.74, 6) is 0.412. The quantitative estimate of drug-likeness (QED) is 0.517. The van der Waals surface area contributed by atoms with Crippen molar-refractivity contribution in [3.63, 3.8) is 0 Å². The molecule has 1 aromatic carbocycles. The lowest BCUT2D eigenvalue weighted by molar-refractivity contribution is -0.129. The van der Waals surface area contributed by atoms with Crippen molar-refractivity contribution in [2.75, 3.05) is 12.3 Å². The van der Waals surface area contributed by atoms with E-state index in [0.29, 0.717) is 38.9 Å². The number of fused-ring (bicyclic) bond motifs is 1. The fourth-order valence-electron chi connectivity index (χ4n) is 3.35. The van der Waals surface area contributed by atoms with Crippen molar-refractivity contribution in [1.29, 1.82) is 5.26 Å². The standard InChI is InChI=1S/C23H24ClN5O2S/c1-5-8-29(11-20-27-19-9-16(24)6-7-17(19)22(31)28-20)21(30)12-32-23-18(10-25)14(3)13(2)15(4)26-23/h6-7,9H,5,8,11-12H2,1-4H3,(H,27,28,31). The fourth-order valence-corrected chi connectivity index (χ4v) is 4.50. The molecular formula is C23H24ClN5O2S. The molecule has 0 radical (unpaired) electrons. The molecule has 0 aliphatic carbocycles. The van der Waals surface area contributed by atoms with E-state index >= 15 is 0 Å². The Labute approximate surface area is 195 Å². The summed E-state index contributed by atoms with van der Waals surface area (Å²) in [5.41, 5.74) is 3.44. The van der Waals surface area contributed by atoms with E-state index in [1.54, 1.807) is 23.1 Å². The number of H-pyrrole nitrogens is 1. The van der Waals surface area contributed by atoms with Crippen molar-refractivity contribution in [1.82, 2.24) is 19.9 Å². The van der Waals surface area contributed by atoms with E-state index in [9.17, 15) is 14.9 Å². The number of nitrogens with one attached hydrogen (secondary N) is 1. The first-order valence-electron chi connectivity index (χ1n) is 10.2. The number of rotatable bonds is 7. The van der Waals surface area contributed by atoms with Crippen LogP contribution in [0.1, 0.15) is 41.6 Å². The summed E-state index contributed by atoms with van der Waals surface area (Å²) < 4.78 is 0. The Morgan fingerprint density at radius 1 is 1.25 bits per heavy atom. The summed E-state index contributed by atoms with van der Waals surface area (Å²) in [6.07, 6.45) is 0.754. The molecule has 2 aromatic heterocycles. The number of halogens is 1. The minimum absolute atomic E-state index is 0.118. The van der Waals surface area contributed by atoms with Gasteiger partial charge in [0.1, 0.15) is 16.9 Å². The van der Waals surface area contributed by atoms with Crippen LogP contribution in [0.3, 0.4) is 0 Å². The number of aromatic nitrogens is 3. The number of aromatic amines is 1. The Kier molecular flexibility index (Phi) is 7.54.